The second-order valence-corrected chi connectivity index (χ2v) is 5.51. The fourth-order valence-electron chi connectivity index (χ4n) is 3.06. The molecule has 1 aliphatic carbocycles. The van der Waals surface area contributed by atoms with E-state index >= 15 is 0 Å². The predicted octanol–water partition coefficient (Wildman–Crippen LogP) is 3.24. The summed E-state index contributed by atoms with van der Waals surface area (Å²) in [6.07, 6.45) is 4.59. The van der Waals surface area contributed by atoms with Gasteiger partial charge in [-0.2, -0.15) is 0 Å². The molecule has 0 radical (unpaired) electrons. The van der Waals surface area contributed by atoms with Gasteiger partial charge in [0.25, 0.3) is 5.56 Å². The first kappa shape index (κ1) is 12.3. The molecule has 1 aliphatic rings. The van der Waals surface area contributed by atoms with Crippen LogP contribution in [0.1, 0.15) is 37.3 Å². The van der Waals surface area contributed by atoms with E-state index in [-0.39, 0.29) is 11.1 Å². The topological polar surface area (TPSA) is 71.8 Å². The molecule has 0 bridgehead atoms. The summed E-state index contributed by atoms with van der Waals surface area (Å²) in [6, 6.07) is 9.62. The Kier molecular flexibility index (Phi) is 2.84. The number of H-pyrrole nitrogens is 1. The van der Waals surface area contributed by atoms with Gasteiger partial charge in [-0.05, 0) is 12.8 Å². The van der Waals surface area contributed by atoms with Crippen LogP contribution in [0.2, 0.25) is 0 Å². The molecular formula is C16H15N3O2. The Bertz CT molecular complexity index is 830. The minimum absolute atomic E-state index is 0.233. The molecule has 0 atom stereocenters. The molecule has 1 aromatic carbocycles. The standard InChI is InChI=1S/C16H15N3O2/c20-16-14-13(12(19-21-14)10-6-4-5-7-10)17-15(18-16)11-8-2-1-3-9-11/h1-3,8-10H,4-7H2,(H,17,18,20). The molecule has 5 nitrogen and oxygen atoms in total. The van der Waals surface area contributed by atoms with Crippen LogP contribution in [0.25, 0.3) is 22.5 Å². The monoisotopic (exact) mass is 281 g/mol. The largest absolute Gasteiger partial charge is 0.348 e. The van der Waals surface area contributed by atoms with Gasteiger partial charge in [-0.25, -0.2) is 4.98 Å². The van der Waals surface area contributed by atoms with Crippen LogP contribution in [0.3, 0.4) is 0 Å². The molecule has 1 fully saturated rings. The molecule has 21 heavy (non-hydrogen) atoms. The highest BCUT2D eigenvalue weighted by atomic mass is 16.5. The minimum Gasteiger partial charge on any atom is -0.348 e. The number of aromatic nitrogens is 3. The molecular weight excluding hydrogens is 266 g/mol. The van der Waals surface area contributed by atoms with Crippen LogP contribution in [0.4, 0.5) is 0 Å². The average Bonchev–Trinajstić information content (AvgIpc) is 3.16. The summed E-state index contributed by atoms with van der Waals surface area (Å²) in [5.41, 5.74) is 2.30. The molecule has 0 amide bonds. The van der Waals surface area contributed by atoms with Gasteiger partial charge in [-0.3, -0.25) is 4.79 Å². The Balaban J connectivity index is 1.91. The van der Waals surface area contributed by atoms with E-state index in [1.54, 1.807) is 0 Å². The zero-order valence-corrected chi connectivity index (χ0v) is 11.5. The van der Waals surface area contributed by atoms with Crippen LogP contribution in [-0.4, -0.2) is 15.1 Å². The lowest BCUT2D eigenvalue weighted by Crippen LogP contribution is -2.09. The van der Waals surface area contributed by atoms with Gasteiger partial charge in [0.05, 0.1) is 0 Å². The molecule has 4 rings (SSSR count). The van der Waals surface area contributed by atoms with Crippen LogP contribution < -0.4 is 5.56 Å². The summed E-state index contributed by atoms with van der Waals surface area (Å²) in [4.78, 5) is 19.5. The van der Waals surface area contributed by atoms with Crippen LogP contribution in [-0.2, 0) is 0 Å². The van der Waals surface area contributed by atoms with Gasteiger partial charge in [0, 0.05) is 11.5 Å². The second kappa shape index (κ2) is 4.84. The fourth-order valence-corrected chi connectivity index (χ4v) is 3.06. The van der Waals surface area contributed by atoms with Crippen LogP contribution in [0.15, 0.2) is 39.6 Å². The summed E-state index contributed by atoms with van der Waals surface area (Å²) >= 11 is 0. The third-order valence-electron chi connectivity index (χ3n) is 4.14. The first-order valence-corrected chi connectivity index (χ1v) is 7.28. The van der Waals surface area contributed by atoms with Crippen molar-refractivity contribution in [1.82, 2.24) is 15.1 Å². The second-order valence-electron chi connectivity index (χ2n) is 5.51. The van der Waals surface area contributed by atoms with Crippen LogP contribution in [0, 0.1) is 0 Å². The van der Waals surface area contributed by atoms with Crippen molar-refractivity contribution in [2.75, 3.05) is 0 Å². The highest BCUT2D eigenvalue weighted by molar-refractivity contribution is 5.76. The fraction of sp³-hybridized carbons (Fsp3) is 0.312. The van der Waals surface area contributed by atoms with Crippen LogP contribution in [0.5, 0.6) is 0 Å². The van der Waals surface area contributed by atoms with E-state index in [9.17, 15) is 4.79 Å². The highest BCUT2D eigenvalue weighted by Gasteiger charge is 2.25. The van der Waals surface area contributed by atoms with Gasteiger partial charge >= 0.3 is 0 Å². The molecule has 0 aliphatic heterocycles. The Morgan fingerprint density at radius 1 is 1.14 bits per heavy atom. The first-order valence-electron chi connectivity index (χ1n) is 7.28. The maximum atomic E-state index is 12.2. The predicted molar refractivity (Wildman–Crippen MR) is 79.1 cm³/mol. The first-order chi connectivity index (χ1) is 10.3. The Morgan fingerprint density at radius 3 is 2.67 bits per heavy atom. The number of aromatic amines is 1. The summed E-state index contributed by atoms with van der Waals surface area (Å²) in [6.45, 7) is 0. The zero-order chi connectivity index (χ0) is 14.2. The highest BCUT2D eigenvalue weighted by Crippen LogP contribution is 2.36. The summed E-state index contributed by atoms with van der Waals surface area (Å²) < 4.78 is 5.23. The average molecular weight is 281 g/mol. The van der Waals surface area contributed by atoms with E-state index in [2.05, 4.69) is 15.1 Å². The molecule has 106 valence electrons. The molecule has 2 aromatic heterocycles. The number of hydrogen-bond donors (Lipinski definition) is 1. The lowest BCUT2D eigenvalue weighted by Gasteiger charge is -2.04. The molecule has 0 spiro atoms. The van der Waals surface area contributed by atoms with Gasteiger partial charge in [0.1, 0.15) is 17.0 Å². The molecule has 3 aromatic rings. The summed E-state index contributed by atoms with van der Waals surface area (Å²) in [7, 11) is 0. The quantitative estimate of drug-likeness (QED) is 0.782. The third kappa shape index (κ3) is 2.05. The molecule has 0 unspecified atom stereocenters. The number of rotatable bonds is 2. The summed E-state index contributed by atoms with van der Waals surface area (Å²) in [5.74, 6) is 0.930. The van der Waals surface area contributed by atoms with Crippen molar-refractivity contribution in [1.29, 1.82) is 0 Å². The molecule has 1 saturated carbocycles. The van der Waals surface area contributed by atoms with E-state index in [0.29, 0.717) is 17.3 Å². The van der Waals surface area contributed by atoms with Crippen molar-refractivity contribution < 1.29 is 4.52 Å². The van der Waals surface area contributed by atoms with Gasteiger partial charge < -0.3 is 9.51 Å². The number of fused-ring (bicyclic) bond motifs is 1. The van der Waals surface area contributed by atoms with Crippen molar-refractivity contribution in [2.24, 2.45) is 0 Å². The third-order valence-corrected chi connectivity index (χ3v) is 4.14. The maximum absolute atomic E-state index is 12.2. The minimum atomic E-state index is -0.268. The smallest absolute Gasteiger partial charge is 0.297 e. The van der Waals surface area contributed by atoms with Gasteiger partial charge in [0.15, 0.2) is 0 Å². The van der Waals surface area contributed by atoms with E-state index in [1.165, 1.54) is 12.8 Å². The summed E-state index contributed by atoms with van der Waals surface area (Å²) in [5, 5.41) is 4.12. The van der Waals surface area contributed by atoms with E-state index in [1.807, 2.05) is 30.3 Å². The van der Waals surface area contributed by atoms with Crippen molar-refractivity contribution in [2.45, 2.75) is 31.6 Å². The Hall–Kier alpha value is -2.43. The normalized spacial score (nSPS) is 15.8. The Labute approximate surface area is 121 Å². The van der Waals surface area contributed by atoms with Gasteiger partial charge in [-0.1, -0.05) is 48.3 Å². The molecule has 2 heterocycles. The molecule has 5 heteroatoms. The van der Waals surface area contributed by atoms with E-state index in [4.69, 9.17) is 4.52 Å². The van der Waals surface area contributed by atoms with Crippen molar-refractivity contribution in [3.63, 3.8) is 0 Å². The lowest BCUT2D eigenvalue weighted by atomic mass is 10.0. The Morgan fingerprint density at radius 2 is 1.90 bits per heavy atom. The van der Waals surface area contributed by atoms with E-state index < -0.39 is 0 Å². The van der Waals surface area contributed by atoms with Crippen LogP contribution >= 0.6 is 0 Å². The van der Waals surface area contributed by atoms with Gasteiger partial charge in [-0.15, -0.1) is 0 Å². The maximum Gasteiger partial charge on any atom is 0.297 e. The van der Waals surface area contributed by atoms with Gasteiger partial charge in [0.2, 0.25) is 5.58 Å². The number of nitrogens with one attached hydrogen (secondary N) is 1. The number of benzene rings is 1. The lowest BCUT2D eigenvalue weighted by molar-refractivity contribution is 0.434. The zero-order valence-electron chi connectivity index (χ0n) is 11.5. The van der Waals surface area contributed by atoms with E-state index in [0.717, 1.165) is 24.1 Å². The SMILES string of the molecule is O=c1[nH]c(-c2ccccc2)nc2c(C3CCCC3)noc12. The molecule has 1 N–H and O–H groups in total. The van der Waals surface area contributed by atoms with Crippen molar-refractivity contribution >= 4 is 11.1 Å². The number of nitrogens with zero attached hydrogens (tertiary/aromatic N) is 2. The number of hydrogen-bond acceptors (Lipinski definition) is 4. The molecule has 0 saturated heterocycles. The van der Waals surface area contributed by atoms with Crippen molar-refractivity contribution in [3.8, 4) is 11.4 Å². The van der Waals surface area contributed by atoms with Crippen molar-refractivity contribution in [3.05, 3.63) is 46.4 Å².